The Labute approximate surface area is 134 Å². The second-order valence-electron chi connectivity index (χ2n) is 6.76. The van der Waals surface area contributed by atoms with Crippen LogP contribution in [0.2, 0.25) is 25.7 Å². The summed E-state index contributed by atoms with van der Waals surface area (Å²) in [7, 11) is -1.09. The van der Waals surface area contributed by atoms with Gasteiger partial charge in [0.1, 0.15) is 11.5 Å². The summed E-state index contributed by atoms with van der Waals surface area (Å²) in [5, 5.41) is 0. The van der Waals surface area contributed by atoms with Gasteiger partial charge < -0.3 is 13.9 Å². The van der Waals surface area contributed by atoms with Crippen molar-refractivity contribution in [2.45, 2.75) is 51.4 Å². The highest BCUT2D eigenvalue weighted by Gasteiger charge is 2.13. The molecule has 1 rings (SSSR count). The molecule has 1 aromatic rings. The highest BCUT2D eigenvalue weighted by atomic mass is 28.3. The summed E-state index contributed by atoms with van der Waals surface area (Å²) in [6, 6.07) is 4.22. The van der Waals surface area contributed by atoms with Gasteiger partial charge in [-0.1, -0.05) is 32.6 Å². The van der Waals surface area contributed by atoms with E-state index < -0.39 is 8.07 Å². The van der Waals surface area contributed by atoms with Crippen LogP contribution in [0.4, 0.5) is 0 Å². The Hall–Kier alpha value is -1.33. The van der Waals surface area contributed by atoms with Crippen molar-refractivity contribution in [1.29, 1.82) is 0 Å². The van der Waals surface area contributed by atoms with E-state index in [1.165, 1.54) is 6.07 Å². The van der Waals surface area contributed by atoms with Crippen molar-refractivity contribution < 1.29 is 13.9 Å². The van der Waals surface area contributed by atoms with Gasteiger partial charge in [0.15, 0.2) is 6.79 Å². The molecule has 0 saturated heterocycles. The Morgan fingerprint density at radius 1 is 1.36 bits per heavy atom. The number of hydrogen-bond donors (Lipinski definition) is 0. The molecule has 0 spiro atoms. The minimum absolute atomic E-state index is 0.155. The molecule has 0 aliphatic carbocycles. The average Bonchev–Trinajstić information content (AvgIpc) is 2.42. The first-order valence-corrected chi connectivity index (χ1v) is 11.5. The number of allylic oxidation sites excluding steroid dienone is 1. The van der Waals surface area contributed by atoms with Crippen LogP contribution in [0.3, 0.4) is 0 Å². The lowest BCUT2D eigenvalue weighted by atomic mass is 10.0. The zero-order valence-corrected chi connectivity index (χ0v) is 15.2. The molecule has 0 N–H and O–H groups in total. The van der Waals surface area contributed by atoms with Crippen LogP contribution in [-0.4, -0.2) is 21.5 Å². The highest BCUT2D eigenvalue weighted by Crippen LogP contribution is 2.23. The summed E-state index contributed by atoms with van der Waals surface area (Å²) in [5.41, 5.74) is -0.389. The molecule has 1 unspecified atom stereocenters. The fourth-order valence-corrected chi connectivity index (χ4v) is 2.61. The lowest BCUT2D eigenvalue weighted by molar-refractivity contribution is 0.0215. The van der Waals surface area contributed by atoms with E-state index in [-0.39, 0.29) is 18.3 Å². The van der Waals surface area contributed by atoms with E-state index in [1.807, 2.05) is 13.0 Å². The zero-order chi connectivity index (χ0) is 16.6. The maximum Gasteiger partial charge on any atom is 0.339 e. The van der Waals surface area contributed by atoms with E-state index in [4.69, 9.17) is 13.9 Å². The van der Waals surface area contributed by atoms with E-state index in [0.29, 0.717) is 18.1 Å². The first-order chi connectivity index (χ1) is 10.3. The van der Waals surface area contributed by atoms with Crippen molar-refractivity contribution in [3.63, 3.8) is 0 Å². The third-order valence-electron chi connectivity index (χ3n) is 3.36. The van der Waals surface area contributed by atoms with Crippen molar-refractivity contribution in [3.05, 3.63) is 41.0 Å². The van der Waals surface area contributed by atoms with Gasteiger partial charge >= 0.3 is 5.63 Å². The van der Waals surface area contributed by atoms with Gasteiger partial charge in [0.05, 0.1) is 6.07 Å². The molecule has 0 radical (unpaired) electrons. The number of rotatable bonds is 10. The van der Waals surface area contributed by atoms with Gasteiger partial charge in [-0.25, -0.2) is 4.79 Å². The molecule has 0 fully saturated rings. The standard InChI is InChI=1S/C17H28O4Si/c1-6-7-8-14(2)16-11-15(12-17(18)21-16)20-13-19-9-10-22(3,4)5/h6,11-12,14H,1,7-10,13H2,2-5H3. The number of hydrogen-bond acceptors (Lipinski definition) is 4. The van der Waals surface area contributed by atoms with Gasteiger partial charge in [-0.2, -0.15) is 0 Å². The van der Waals surface area contributed by atoms with Crippen LogP contribution in [-0.2, 0) is 4.74 Å². The zero-order valence-electron chi connectivity index (χ0n) is 14.2. The molecule has 0 amide bonds. The summed E-state index contributed by atoms with van der Waals surface area (Å²) in [5.74, 6) is 1.30. The Bertz CT molecular complexity index is 516. The minimum atomic E-state index is -1.09. The first kappa shape index (κ1) is 18.7. The van der Waals surface area contributed by atoms with E-state index in [2.05, 4.69) is 26.2 Å². The largest absolute Gasteiger partial charge is 0.467 e. The summed E-state index contributed by atoms with van der Waals surface area (Å²) in [6.45, 7) is 13.5. The molecule has 1 atom stereocenters. The predicted octanol–water partition coefficient (Wildman–Crippen LogP) is 4.40. The van der Waals surface area contributed by atoms with Crippen molar-refractivity contribution in [2.75, 3.05) is 13.4 Å². The first-order valence-electron chi connectivity index (χ1n) is 7.78. The Morgan fingerprint density at radius 2 is 2.09 bits per heavy atom. The third kappa shape index (κ3) is 7.61. The minimum Gasteiger partial charge on any atom is -0.467 e. The van der Waals surface area contributed by atoms with Crippen LogP contribution in [0.15, 0.2) is 34.0 Å². The summed E-state index contributed by atoms with van der Waals surface area (Å²) >= 11 is 0. The topological polar surface area (TPSA) is 48.7 Å². The maximum atomic E-state index is 11.6. The lowest BCUT2D eigenvalue weighted by Gasteiger charge is -2.15. The van der Waals surface area contributed by atoms with E-state index in [9.17, 15) is 4.79 Å². The molecule has 124 valence electrons. The molecule has 1 aromatic heterocycles. The van der Waals surface area contributed by atoms with E-state index >= 15 is 0 Å². The van der Waals surface area contributed by atoms with Crippen molar-refractivity contribution in [2.24, 2.45) is 0 Å². The Kier molecular flexibility index (Phi) is 7.62. The molecule has 5 heteroatoms. The third-order valence-corrected chi connectivity index (χ3v) is 5.06. The van der Waals surface area contributed by atoms with Gasteiger partial charge in [-0.05, 0) is 18.9 Å². The van der Waals surface area contributed by atoms with Gasteiger partial charge in [0.25, 0.3) is 0 Å². The molecular weight excluding hydrogens is 296 g/mol. The maximum absolute atomic E-state index is 11.6. The fourth-order valence-electron chi connectivity index (χ4n) is 1.86. The summed E-state index contributed by atoms with van der Waals surface area (Å²) in [4.78, 5) is 11.6. The lowest BCUT2D eigenvalue weighted by Crippen LogP contribution is -2.22. The second kappa shape index (κ2) is 8.95. The Balaban J connectivity index is 2.51. The van der Waals surface area contributed by atoms with Crippen LogP contribution in [0.25, 0.3) is 0 Å². The van der Waals surface area contributed by atoms with Crippen LogP contribution >= 0.6 is 0 Å². The molecule has 1 heterocycles. The highest BCUT2D eigenvalue weighted by molar-refractivity contribution is 6.76. The molecule has 4 nitrogen and oxygen atoms in total. The van der Waals surface area contributed by atoms with E-state index in [0.717, 1.165) is 18.9 Å². The van der Waals surface area contributed by atoms with Crippen molar-refractivity contribution in [3.8, 4) is 5.75 Å². The van der Waals surface area contributed by atoms with Gasteiger partial charge in [0, 0.05) is 26.7 Å². The summed E-state index contributed by atoms with van der Waals surface area (Å²) in [6.07, 6.45) is 3.64. The van der Waals surface area contributed by atoms with Crippen molar-refractivity contribution in [1.82, 2.24) is 0 Å². The molecule has 0 saturated carbocycles. The van der Waals surface area contributed by atoms with Gasteiger partial charge in [0.2, 0.25) is 0 Å². The quantitative estimate of drug-likeness (QED) is 0.277. The van der Waals surface area contributed by atoms with E-state index in [1.54, 1.807) is 6.07 Å². The van der Waals surface area contributed by atoms with Gasteiger partial charge in [-0.3, -0.25) is 0 Å². The molecule has 0 aliphatic rings. The van der Waals surface area contributed by atoms with Gasteiger partial charge in [-0.15, -0.1) is 6.58 Å². The molecule has 0 bridgehead atoms. The van der Waals surface area contributed by atoms with Crippen LogP contribution in [0, 0.1) is 0 Å². The van der Waals surface area contributed by atoms with Crippen LogP contribution in [0.1, 0.15) is 31.4 Å². The SMILES string of the molecule is C=CCCC(C)c1cc(OCOCC[Si](C)(C)C)cc(=O)o1. The Morgan fingerprint density at radius 3 is 2.73 bits per heavy atom. The second-order valence-corrected chi connectivity index (χ2v) is 12.4. The fraction of sp³-hybridized carbons (Fsp3) is 0.588. The van der Waals surface area contributed by atoms with Crippen LogP contribution in [0.5, 0.6) is 5.75 Å². The monoisotopic (exact) mass is 324 g/mol. The predicted molar refractivity (Wildman–Crippen MR) is 92.4 cm³/mol. The normalized spacial score (nSPS) is 12.9. The van der Waals surface area contributed by atoms with Crippen molar-refractivity contribution >= 4 is 8.07 Å². The smallest absolute Gasteiger partial charge is 0.339 e. The number of ether oxygens (including phenoxy) is 2. The molecular formula is C17H28O4Si. The average molecular weight is 324 g/mol. The molecule has 0 aromatic carbocycles. The molecule has 0 aliphatic heterocycles. The summed E-state index contributed by atoms with van der Waals surface area (Å²) < 4.78 is 16.2. The van der Waals surface area contributed by atoms with Crippen LogP contribution < -0.4 is 10.4 Å². The molecule has 22 heavy (non-hydrogen) atoms.